The molecule has 0 heterocycles. The summed E-state index contributed by atoms with van der Waals surface area (Å²) in [6.45, 7) is 5.06. The van der Waals surface area contributed by atoms with E-state index in [0.717, 1.165) is 13.0 Å². The second kappa shape index (κ2) is 7.31. The smallest absolute Gasteiger partial charge is 0.318 e. The van der Waals surface area contributed by atoms with Crippen molar-refractivity contribution in [3.8, 4) is 0 Å². The Labute approximate surface area is 98.7 Å². The highest BCUT2D eigenvalue weighted by Gasteiger charge is 2.10. The predicted molar refractivity (Wildman–Crippen MR) is 67.1 cm³/mol. The molecule has 2 amide bonds. The van der Waals surface area contributed by atoms with E-state index in [2.05, 4.69) is 30.6 Å². The van der Waals surface area contributed by atoms with Gasteiger partial charge in [0.05, 0.1) is 0 Å². The summed E-state index contributed by atoms with van der Waals surface area (Å²) in [6.07, 6.45) is 10.1. The first-order valence-corrected chi connectivity index (χ1v) is 6.39. The molecule has 0 radical (unpaired) electrons. The van der Waals surface area contributed by atoms with E-state index in [1.165, 1.54) is 25.7 Å². The van der Waals surface area contributed by atoms with Gasteiger partial charge in [0.15, 0.2) is 0 Å². The molecule has 0 bridgehead atoms. The van der Waals surface area contributed by atoms with Crippen LogP contribution in [0.5, 0.6) is 0 Å². The van der Waals surface area contributed by atoms with Gasteiger partial charge in [-0.05, 0) is 31.1 Å². The summed E-state index contributed by atoms with van der Waals surface area (Å²) < 4.78 is 0. The van der Waals surface area contributed by atoms with Gasteiger partial charge >= 0.3 is 6.03 Å². The highest BCUT2D eigenvalue weighted by Crippen LogP contribution is 2.25. The Kier molecular flexibility index (Phi) is 5.98. The van der Waals surface area contributed by atoms with Gasteiger partial charge in [-0.25, -0.2) is 4.79 Å². The first kappa shape index (κ1) is 13.1. The van der Waals surface area contributed by atoms with E-state index in [-0.39, 0.29) is 6.03 Å². The highest BCUT2D eigenvalue weighted by atomic mass is 16.2. The van der Waals surface area contributed by atoms with E-state index < -0.39 is 0 Å². The average molecular weight is 224 g/mol. The molecule has 1 aliphatic rings. The third-order valence-corrected chi connectivity index (χ3v) is 2.99. The van der Waals surface area contributed by atoms with Crippen LogP contribution in [0.15, 0.2) is 12.3 Å². The monoisotopic (exact) mass is 224 g/mol. The zero-order chi connectivity index (χ0) is 11.8. The second-order valence-corrected chi connectivity index (χ2v) is 4.99. The summed E-state index contributed by atoms with van der Waals surface area (Å²) in [6, 6.07) is -0.0881. The number of allylic oxidation sites excluding steroid dienone is 1. The van der Waals surface area contributed by atoms with E-state index >= 15 is 0 Å². The molecule has 0 aromatic heterocycles. The molecule has 0 saturated heterocycles. The molecule has 1 aliphatic carbocycles. The van der Waals surface area contributed by atoms with Crippen LogP contribution in [0.3, 0.4) is 0 Å². The molecule has 0 atom stereocenters. The van der Waals surface area contributed by atoms with E-state index in [1.54, 1.807) is 6.20 Å². The minimum atomic E-state index is -0.0881. The lowest BCUT2D eigenvalue weighted by Gasteiger charge is -2.07. The number of urea groups is 1. The third-order valence-electron chi connectivity index (χ3n) is 2.99. The van der Waals surface area contributed by atoms with Gasteiger partial charge in [-0.1, -0.05) is 32.8 Å². The number of hydrogen-bond acceptors (Lipinski definition) is 1. The van der Waals surface area contributed by atoms with Crippen molar-refractivity contribution in [1.82, 2.24) is 10.6 Å². The van der Waals surface area contributed by atoms with Crippen LogP contribution in [0.25, 0.3) is 0 Å². The summed E-state index contributed by atoms with van der Waals surface area (Å²) in [7, 11) is 0. The van der Waals surface area contributed by atoms with Crippen LogP contribution < -0.4 is 10.6 Å². The summed E-state index contributed by atoms with van der Waals surface area (Å²) in [5, 5.41) is 5.59. The lowest BCUT2D eigenvalue weighted by atomic mass is 10.1. The predicted octanol–water partition coefficient (Wildman–Crippen LogP) is 3.04. The summed E-state index contributed by atoms with van der Waals surface area (Å²) in [5.41, 5.74) is 0. The van der Waals surface area contributed by atoms with Crippen LogP contribution in [-0.4, -0.2) is 12.6 Å². The summed E-state index contributed by atoms with van der Waals surface area (Å²) >= 11 is 0. The van der Waals surface area contributed by atoms with Gasteiger partial charge in [-0.2, -0.15) is 0 Å². The maximum Gasteiger partial charge on any atom is 0.318 e. The van der Waals surface area contributed by atoms with E-state index in [4.69, 9.17) is 0 Å². The number of rotatable bonds is 5. The molecule has 2 N–H and O–H groups in total. The molecule has 0 aromatic carbocycles. The van der Waals surface area contributed by atoms with E-state index in [0.29, 0.717) is 11.8 Å². The molecule has 0 aromatic rings. The lowest BCUT2D eigenvalue weighted by molar-refractivity contribution is 0.243. The quantitative estimate of drug-likeness (QED) is 0.740. The Bertz CT molecular complexity index is 230. The van der Waals surface area contributed by atoms with Crippen LogP contribution in [0.2, 0.25) is 0 Å². The van der Waals surface area contributed by atoms with E-state index in [9.17, 15) is 4.79 Å². The minimum absolute atomic E-state index is 0.0881. The maximum atomic E-state index is 11.3. The first-order chi connectivity index (χ1) is 7.68. The van der Waals surface area contributed by atoms with Crippen LogP contribution in [-0.2, 0) is 0 Å². The Morgan fingerprint density at radius 2 is 2.06 bits per heavy atom. The Morgan fingerprint density at radius 3 is 2.69 bits per heavy atom. The lowest BCUT2D eigenvalue weighted by Crippen LogP contribution is -2.33. The zero-order valence-electron chi connectivity index (χ0n) is 10.5. The molecule has 16 heavy (non-hydrogen) atoms. The van der Waals surface area contributed by atoms with Crippen molar-refractivity contribution < 1.29 is 4.79 Å². The van der Waals surface area contributed by atoms with Crippen molar-refractivity contribution in [3.05, 3.63) is 12.3 Å². The van der Waals surface area contributed by atoms with Crippen molar-refractivity contribution in [3.63, 3.8) is 0 Å². The number of amides is 2. The van der Waals surface area contributed by atoms with Gasteiger partial charge in [-0.15, -0.1) is 0 Å². The van der Waals surface area contributed by atoms with Crippen LogP contribution in [0.4, 0.5) is 4.79 Å². The van der Waals surface area contributed by atoms with Crippen molar-refractivity contribution in [2.75, 3.05) is 6.54 Å². The number of nitrogens with one attached hydrogen (secondary N) is 2. The molecule has 1 fully saturated rings. The fourth-order valence-corrected chi connectivity index (χ4v) is 1.94. The normalized spacial score (nSPS) is 17.2. The van der Waals surface area contributed by atoms with Crippen molar-refractivity contribution in [1.29, 1.82) is 0 Å². The molecule has 0 spiro atoms. The molecule has 0 aliphatic heterocycles. The van der Waals surface area contributed by atoms with Crippen molar-refractivity contribution in [2.24, 2.45) is 11.8 Å². The molecule has 1 rings (SSSR count). The Morgan fingerprint density at radius 1 is 1.38 bits per heavy atom. The molecular formula is C13H24N2O. The van der Waals surface area contributed by atoms with Gasteiger partial charge < -0.3 is 10.6 Å². The number of carbonyl (C=O) groups is 1. The van der Waals surface area contributed by atoms with Gasteiger partial charge in [-0.3, -0.25) is 0 Å². The molecular weight excluding hydrogens is 200 g/mol. The zero-order valence-corrected chi connectivity index (χ0v) is 10.5. The first-order valence-electron chi connectivity index (χ1n) is 6.39. The average Bonchev–Trinajstić information content (AvgIpc) is 2.70. The van der Waals surface area contributed by atoms with Gasteiger partial charge in [0.1, 0.15) is 0 Å². The molecule has 3 heteroatoms. The second-order valence-electron chi connectivity index (χ2n) is 4.99. The van der Waals surface area contributed by atoms with Crippen LogP contribution >= 0.6 is 0 Å². The van der Waals surface area contributed by atoms with Crippen molar-refractivity contribution in [2.45, 2.75) is 46.0 Å². The maximum absolute atomic E-state index is 11.3. The topological polar surface area (TPSA) is 41.1 Å². The molecule has 0 unspecified atom stereocenters. The van der Waals surface area contributed by atoms with Gasteiger partial charge in [0.25, 0.3) is 0 Å². The Hall–Kier alpha value is -0.990. The van der Waals surface area contributed by atoms with Crippen LogP contribution in [0.1, 0.15) is 46.0 Å². The van der Waals surface area contributed by atoms with Crippen molar-refractivity contribution >= 4 is 6.03 Å². The Balaban J connectivity index is 2.05. The minimum Gasteiger partial charge on any atom is -0.338 e. The fourth-order valence-electron chi connectivity index (χ4n) is 1.94. The van der Waals surface area contributed by atoms with Crippen LogP contribution in [0, 0.1) is 11.8 Å². The number of carbonyl (C=O) groups excluding carboxylic acids is 1. The summed E-state index contributed by atoms with van der Waals surface area (Å²) in [4.78, 5) is 11.3. The SMILES string of the molecule is CC(C)CCNC(=O)N/C=C/C1CCCC1. The van der Waals surface area contributed by atoms with Gasteiger partial charge in [0, 0.05) is 12.7 Å². The fraction of sp³-hybridized carbons (Fsp3) is 0.769. The molecule has 92 valence electrons. The third kappa shape index (κ3) is 5.79. The standard InChI is InChI=1S/C13H24N2O/c1-11(2)7-9-14-13(16)15-10-8-12-5-3-4-6-12/h8,10-12H,3-7,9H2,1-2H3,(H2,14,15,16)/b10-8+. The summed E-state index contributed by atoms with van der Waals surface area (Å²) in [5.74, 6) is 1.31. The van der Waals surface area contributed by atoms with E-state index in [1.807, 2.05) is 0 Å². The van der Waals surface area contributed by atoms with Gasteiger partial charge in [0.2, 0.25) is 0 Å². The number of hydrogen-bond donors (Lipinski definition) is 2. The molecule has 1 saturated carbocycles. The molecule has 3 nitrogen and oxygen atoms in total. The largest absolute Gasteiger partial charge is 0.338 e. The highest BCUT2D eigenvalue weighted by molar-refractivity contribution is 5.74.